The van der Waals surface area contributed by atoms with Gasteiger partial charge < -0.3 is 34.9 Å². The Morgan fingerprint density at radius 3 is 2.46 bits per heavy atom. The molecule has 3 N–H and O–H groups in total. The number of alkyl carbamates (subject to hydrolysis) is 1. The van der Waals surface area contributed by atoms with Crippen LogP contribution in [0.2, 0.25) is 0 Å². The lowest BCUT2D eigenvalue weighted by Crippen LogP contribution is -2.59. The summed E-state index contributed by atoms with van der Waals surface area (Å²) >= 11 is 5.19. The molecule has 3 heterocycles. The molecule has 3 fully saturated rings. The van der Waals surface area contributed by atoms with Gasteiger partial charge in [0.25, 0.3) is 0 Å². The maximum Gasteiger partial charge on any atom is 0.408 e. The highest BCUT2D eigenvalue weighted by Crippen LogP contribution is 2.45. The van der Waals surface area contributed by atoms with Gasteiger partial charge in [0, 0.05) is 35.6 Å². The van der Waals surface area contributed by atoms with Crippen molar-refractivity contribution in [1.82, 2.24) is 25.5 Å². The first kappa shape index (κ1) is 42.1. The molecule has 1 saturated heterocycles. The summed E-state index contributed by atoms with van der Waals surface area (Å²) in [6.45, 7) is 17.6. The largest absolute Gasteiger partial charge is 0.495 e. The molecule has 0 bridgehead atoms. The van der Waals surface area contributed by atoms with Crippen molar-refractivity contribution >= 4 is 62.0 Å². The maximum atomic E-state index is 14.6. The molecule has 3 amide bonds. The number of hydrogen-bond donors (Lipinski definition) is 3. The zero-order chi connectivity index (χ0) is 41.4. The number of rotatable bonds is 14. The number of pyridine rings is 1. The molecule has 5 atom stereocenters. The number of fused-ring (bicyclic) bond motifs is 1. The Bertz CT molecular complexity index is 2070. The standard InChI is InChI=1S/C42H52BrN5O8S/c1-9-24-19-42(24,39(51)52)47-37(49)30-17-26(20-48(30)38(50)36(41(5,6)7)46-40(53)56-25-12-10-11-13-25)55-32-18-28(29-21-57-33(44-29)16-23(4)22(2)3)45-35-27(32)14-15-31(54-8)34(35)43/h9,14-15,18,21-22,24-26,30,36H,1,4,10-13,16-17,19-20H2,2-3,5-8H3,(H,46,53)(H,47,49)(H,51,52)/t24-,26-,30+,36-,42-/m1/s1. The average Bonchev–Trinajstić information content (AvgIpc) is 3.57. The van der Waals surface area contributed by atoms with E-state index in [0.717, 1.165) is 36.3 Å². The van der Waals surface area contributed by atoms with Crippen LogP contribution in [0.5, 0.6) is 11.5 Å². The van der Waals surface area contributed by atoms with Gasteiger partial charge in [0.1, 0.15) is 47.0 Å². The maximum absolute atomic E-state index is 14.6. The Labute approximate surface area is 345 Å². The average molecular weight is 867 g/mol. The van der Waals surface area contributed by atoms with Gasteiger partial charge in [-0.15, -0.1) is 17.9 Å². The number of carbonyl (C=O) groups excluding carboxylic acids is 3. The number of nitrogens with one attached hydrogen (secondary N) is 2. The zero-order valence-corrected chi connectivity index (χ0v) is 35.8. The van der Waals surface area contributed by atoms with Crippen LogP contribution in [0.25, 0.3) is 22.3 Å². The number of carboxylic acid groups (broad SMARTS) is 1. The van der Waals surface area contributed by atoms with E-state index in [1.165, 1.54) is 22.3 Å². The van der Waals surface area contributed by atoms with Crippen molar-refractivity contribution in [2.24, 2.45) is 17.3 Å². The molecule has 2 saturated carbocycles. The summed E-state index contributed by atoms with van der Waals surface area (Å²) in [5.41, 5.74) is 0.534. The molecular weight excluding hydrogens is 814 g/mol. The Morgan fingerprint density at radius 1 is 1.12 bits per heavy atom. The van der Waals surface area contributed by atoms with E-state index in [0.29, 0.717) is 50.6 Å². The van der Waals surface area contributed by atoms with Crippen molar-refractivity contribution in [1.29, 1.82) is 0 Å². The van der Waals surface area contributed by atoms with E-state index < -0.39 is 58.9 Å². The molecule has 0 unspecified atom stereocenters. The highest BCUT2D eigenvalue weighted by molar-refractivity contribution is 9.10. The smallest absolute Gasteiger partial charge is 0.408 e. The highest BCUT2D eigenvalue weighted by Gasteiger charge is 2.61. The number of halogens is 1. The van der Waals surface area contributed by atoms with Crippen LogP contribution in [0.3, 0.4) is 0 Å². The van der Waals surface area contributed by atoms with Crippen molar-refractivity contribution in [3.63, 3.8) is 0 Å². The van der Waals surface area contributed by atoms with Gasteiger partial charge in [-0.05, 0) is 71.5 Å². The zero-order valence-electron chi connectivity index (χ0n) is 33.4. The number of methoxy groups -OCH3 is 1. The lowest BCUT2D eigenvalue weighted by molar-refractivity contribution is -0.146. The lowest BCUT2D eigenvalue weighted by Gasteiger charge is -2.35. The minimum absolute atomic E-state index is 0.0253. The molecule has 2 aliphatic carbocycles. The first-order valence-electron chi connectivity index (χ1n) is 19.4. The minimum Gasteiger partial charge on any atom is -0.495 e. The van der Waals surface area contributed by atoms with Gasteiger partial charge in [-0.2, -0.15) is 0 Å². The molecule has 2 aromatic heterocycles. The first-order valence-corrected chi connectivity index (χ1v) is 21.0. The Hall–Kier alpha value is -4.50. The van der Waals surface area contributed by atoms with E-state index in [-0.39, 0.29) is 25.5 Å². The number of hydrogen-bond acceptors (Lipinski definition) is 10. The van der Waals surface area contributed by atoms with Crippen LogP contribution in [0.4, 0.5) is 4.79 Å². The van der Waals surface area contributed by atoms with Gasteiger partial charge in [0.2, 0.25) is 11.8 Å². The summed E-state index contributed by atoms with van der Waals surface area (Å²) in [5.74, 6) is -1.46. The SMILES string of the molecule is C=C[C@@H]1C[C@]1(NC(=O)[C@@H]1C[C@@H](Oc2cc(-c3csc(CC(=C)C(C)C)n3)nc3c(Br)c(OC)ccc23)CN1C(=O)[C@@H](NC(=O)OC1CCCC1)C(C)(C)C)C(=O)O. The van der Waals surface area contributed by atoms with Crippen molar-refractivity contribution < 1.29 is 38.5 Å². The topological polar surface area (TPSA) is 169 Å². The Kier molecular flexibility index (Phi) is 12.4. The number of ether oxygens (including phenoxy) is 3. The molecule has 0 radical (unpaired) electrons. The molecule has 306 valence electrons. The summed E-state index contributed by atoms with van der Waals surface area (Å²) in [6.07, 6.45) is 4.21. The summed E-state index contributed by atoms with van der Waals surface area (Å²) in [5, 5.41) is 19.1. The number of thiazole rings is 1. The van der Waals surface area contributed by atoms with Gasteiger partial charge in [-0.1, -0.05) is 52.8 Å². The van der Waals surface area contributed by atoms with E-state index in [4.69, 9.17) is 24.2 Å². The monoisotopic (exact) mass is 865 g/mol. The molecule has 1 aromatic carbocycles. The van der Waals surface area contributed by atoms with Crippen molar-refractivity contribution in [2.45, 2.75) is 109 Å². The summed E-state index contributed by atoms with van der Waals surface area (Å²) in [6, 6.07) is 3.24. The molecule has 57 heavy (non-hydrogen) atoms. The number of aromatic nitrogens is 2. The number of amides is 3. The van der Waals surface area contributed by atoms with E-state index in [1.807, 2.05) is 32.2 Å². The second kappa shape index (κ2) is 16.8. The number of aliphatic carboxylic acids is 1. The summed E-state index contributed by atoms with van der Waals surface area (Å²) in [4.78, 5) is 65.6. The second-order valence-electron chi connectivity index (χ2n) is 16.6. The number of carboxylic acids is 1. The fourth-order valence-electron chi connectivity index (χ4n) is 7.50. The third-order valence-corrected chi connectivity index (χ3v) is 12.8. The Morgan fingerprint density at radius 2 is 1.84 bits per heavy atom. The molecule has 3 aromatic rings. The Balaban J connectivity index is 1.34. The predicted octanol–water partition coefficient (Wildman–Crippen LogP) is 7.46. The van der Waals surface area contributed by atoms with Crippen molar-refractivity contribution in [3.8, 4) is 22.9 Å². The van der Waals surface area contributed by atoms with Crippen LogP contribution in [0.1, 0.15) is 78.2 Å². The number of carbonyl (C=O) groups is 4. The highest BCUT2D eigenvalue weighted by atomic mass is 79.9. The van der Waals surface area contributed by atoms with Crippen molar-refractivity contribution in [2.75, 3.05) is 13.7 Å². The third-order valence-electron chi connectivity index (χ3n) is 11.2. The van der Waals surface area contributed by atoms with Crippen LogP contribution >= 0.6 is 27.3 Å². The van der Waals surface area contributed by atoms with Gasteiger partial charge in [-0.25, -0.2) is 19.6 Å². The minimum atomic E-state index is -1.52. The van der Waals surface area contributed by atoms with Gasteiger partial charge in [0.15, 0.2) is 0 Å². The van der Waals surface area contributed by atoms with Gasteiger partial charge in [0.05, 0.1) is 34.3 Å². The number of allylic oxidation sites excluding steroid dienone is 1. The number of nitrogens with zero attached hydrogens (tertiary/aromatic N) is 3. The van der Waals surface area contributed by atoms with Crippen LogP contribution in [-0.4, -0.2) is 87.3 Å². The summed E-state index contributed by atoms with van der Waals surface area (Å²) < 4.78 is 18.6. The first-order chi connectivity index (χ1) is 26.9. The fourth-order valence-corrected chi connectivity index (χ4v) is 8.94. The summed E-state index contributed by atoms with van der Waals surface area (Å²) in [7, 11) is 1.57. The quantitative estimate of drug-likeness (QED) is 0.138. The fraction of sp³-hybridized carbons (Fsp3) is 0.524. The van der Waals surface area contributed by atoms with Crippen molar-refractivity contribution in [3.05, 3.63) is 57.9 Å². The molecule has 0 spiro atoms. The van der Waals surface area contributed by atoms with Gasteiger partial charge >= 0.3 is 12.1 Å². The van der Waals surface area contributed by atoms with Crippen LogP contribution in [-0.2, 0) is 25.5 Å². The third kappa shape index (κ3) is 8.99. The van der Waals surface area contributed by atoms with E-state index in [9.17, 15) is 24.3 Å². The van der Waals surface area contributed by atoms with Crippen LogP contribution in [0, 0.1) is 17.3 Å². The van der Waals surface area contributed by atoms with E-state index in [1.54, 1.807) is 19.2 Å². The molecule has 13 nitrogen and oxygen atoms in total. The normalized spacial score (nSPS) is 22.6. The number of likely N-dealkylation sites (tertiary alicyclic amines) is 1. The second-order valence-corrected chi connectivity index (χ2v) is 18.4. The van der Waals surface area contributed by atoms with E-state index in [2.05, 4.69) is 53.6 Å². The molecule has 6 rings (SSSR count). The van der Waals surface area contributed by atoms with Gasteiger partial charge in [-0.3, -0.25) is 9.59 Å². The molecule has 1 aliphatic heterocycles. The van der Waals surface area contributed by atoms with Crippen LogP contribution < -0.4 is 20.1 Å². The lowest BCUT2D eigenvalue weighted by atomic mass is 9.85. The van der Waals surface area contributed by atoms with E-state index >= 15 is 0 Å². The molecule has 3 aliphatic rings. The molecule has 15 heteroatoms. The molecular formula is C42H52BrN5O8S. The number of benzene rings is 1. The predicted molar refractivity (Wildman–Crippen MR) is 221 cm³/mol. The van der Waals surface area contributed by atoms with Crippen LogP contribution in [0.15, 0.2) is 52.9 Å².